The summed E-state index contributed by atoms with van der Waals surface area (Å²) in [4.78, 5) is 15.1. The van der Waals surface area contributed by atoms with Gasteiger partial charge in [0.2, 0.25) is 0 Å². The molecule has 28 heavy (non-hydrogen) atoms. The quantitative estimate of drug-likeness (QED) is 0.306. The second kappa shape index (κ2) is 6.18. The summed E-state index contributed by atoms with van der Waals surface area (Å²) in [6.07, 6.45) is 1.74. The molecule has 3 nitrogen and oxygen atoms in total. The topological polar surface area (TPSA) is 34.4 Å². The molecule has 0 saturated heterocycles. The van der Waals surface area contributed by atoms with E-state index in [9.17, 15) is 24.2 Å². The third-order valence-electron chi connectivity index (χ3n) is 4.24. The van der Waals surface area contributed by atoms with E-state index in [4.69, 9.17) is 11.6 Å². The van der Waals surface area contributed by atoms with Crippen LogP contribution in [0.2, 0.25) is 5.02 Å². The smallest absolute Gasteiger partial charge is 0.295 e. The molecule has 2 aromatic heterocycles. The van der Waals surface area contributed by atoms with E-state index >= 15 is 0 Å². The first-order chi connectivity index (χ1) is 12.8. The molecule has 3 aromatic rings. The number of carbonyl (C=O) groups excluding carboxylic acids is 1. The fraction of sp³-hybridized carbons (Fsp3) is 0.222. The normalized spacial score (nSPS) is 14.7. The molecule has 0 spiro atoms. The highest BCUT2D eigenvalue weighted by Crippen LogP contribution is 3.02. The van der Waals surface area contributed by atoms with Crippen molar-refractivity contribution in [2.45, 2.75) is 31.1 Å². The van der Waals surface area contributed by atoms with Gasteiger partial charge in [-0.2, -0.15) is 0 Å². The Bertz CT molecular complexity index is 1080. The molecule has 152 valence electrons. The van der Waals surface area contributed by atoms with Crippen LogP contribution < -0.4 is 0 Å². The summed E-state index contributed by atoms with van der Waals surface area (Å²) in [7, 11) is -9.76. The van der Waals surface area contributed by atoms with Crippen LogP contribution in [0.3, 0.4) is 0 Å². The number of nitrogens with zero attached hydrogens (tertiary/aromatic N) is 2. The molecule has 3 rings (SSSR count). The van der Waals surface area contributed by atoms with E-state index in [2.05, 4.69) is 4.98 Å². The van der Waals surface area contributed by atoms with Crippen molar-refractivity contribution in [3.63, 3.8) is 0 Å². The Balaban J connectivity index is 1.88. The van der Waals surface area contributed by atoms with Crippen molar-refractivity contribution in [2.75, 3.05) is 0 Å². The highest BCUT2D eigenvalue weighted by molar-refractivity contribution is 8.45. The largest absolute Gasteiger partial charge is 0.310 e. The van der Waals surface area contributed by atoms with E-state index in [1.165, 1.54) is 16.7 Å². The van der Waals surface area contributed by atoms with Crippen LogP contribution in [-0.4, -0.2) is 15.2 Å². The minimum Gasteiger partial charge on any atom is -0.295 e. The molecule has 10 heteroatoms. The monoisotopic (exact) mass is 438 g/mol. The lowest BCUT2D eigenvalue weighted by molar-refractivity contribution is 0.0976. The predicted molar refractivity (Wildman–Crippen MR) is 100 cm³/mol. The van der Waals surface area contributed by atoms with E-state index in [1.54, 1.807) is 12.1 Å². The molecule has 1 aromatic carbocycles. The summed E-state index contributed by atoms with van der Waals surface area (Å²) in [5.74, 6) is -0.357. The van der Waals surface area contributed by atoms with Crippen LogP contribution in [0.5, 0.6) is 0 Å². The Morgan fingerprint density at radius 1 is 1.14 bits per heavy atom. The van der Waals surface area contributed by atoms with E-state index in [0.29, 0.717) is 40.6 Å². The molecule has 0 N–H and O–H groups in total. The van der Waals surface area contributed by atoms with Crippen molar-refractivity contribution in [1.29, 1.82) is 0 Å². The van der Waals surface area contributed by atoms with Crippen molar-refractivity contribution in [3.8, 4) is 0 Å². The number of hydrogen-bond acceptors (Lipinski definition) is 2. The first-order valence-corrected chi connectivity index (χ1v) is 10.6. The van der Waals surface area contributed by atoms with Crippen LogP contribution in [0.1, 0.15) is 35.1 Å². The minimum atomic E-state index is -9.76. The van der Waals surface area contributed by atoms with Gasteiger partial charge in [0.05, 0.1) is 10.7 Å². The Morgan fingerprint density at radius 2 is 1.86 bits per heavy atom. The lowest BCUT2D eigenvalue weighted by Crippen LogP contribution is -2.09. The van der Waals surface area contributed by atoms with Gasteiger partial charge < -0.3 is 0 Å². The molecule has 0 atom stereocenters. The number of hydrogen-bond donors (Lipinski definition) is 0. The number of aromatic nitrogens is 2. The van der Waals surface area contributed by atoms with E-state index in [1.807, 2.05) is 6.92 Å². The van der Waals surface area contributed by atoms with Gasteiger partial charge in [-0.15, -0.1) is 0 Å². The number of carbonyl (C=O) groups is 1. The second-order valence-electron chi connectivity index (χ2n) is 6.38. The molecule has 0 saturated carbocycles. The number of pyridine rings is 1. The minimum absolute atomic E-state index is 0.00371. The van der Waals surface area contributed by atoms with Crippen molar-refractivity contribution in [1.82, 2.24) is 9.38 Å². The SMILES string of the molecule is CCc1nc2ccc(Cl)cn2c1C(=O)CCc1cccc(S(F)(F)(F)(F)F)c1. The van der Waals surface area contributed by atoms with Crippen LogP contribution in [0.4, 0.5) is 19.4 Å². The van der Waals surface area contributed by atoms with E-state index in [-0.39, 0.29) is 24.2 Å². The average Bonchev–Trinajstić information content (AvgIpc) is 2.95. The second-order valence-corrected chi connectivity index (χ2v) is 9.22. The Labute approximate surface area is 162 Å². The predicted octanol–water partition coefficient (Wildman–Crippen LogP) is 7.02. The van der Waals surface area contributed by atoms with Crippen molar-refractivity contribution in [2.24, 2.45) is 0 Å². The number of rotatable bonds is 6. The molecule has 0 unspecified atom stereocenters. The maximum absolute atomic E-state index is 13.0. The Morgan fingerprint density at radius 3 is 2.50 bits per heavy atom. The molecule has 0 aliphatic heterocycles. The zero-order chi connectivity index (χ0) is 20.8. The van der Waals surface area contributed by atoms with E-state index in [0.717, 1.165) is 6.07 Å². The first kappa shape index (κ1) is 20.6. The molecular formula is C18H16ClF5N2OS. The maximum Gasteiger partial charge on any atom is 0.310 e. The van der Waals surface area contributed by atoms with Gasteiger partial charge in [-0.05, 0) is 42.7 Å². The highest BCUT2D eigenvalue weighted by atomic mass is 35.5. The van der Waals surface area contributed by atoms with Gasteiger partial charge in [0.25, 0.3) is 0 Å². The maximum atomic E-state index is 13.0. The number of ketones is 1. The fourth-order valence-electron chi connectivity index (χ4n) is 2.93. The number of Topliss-reactive ketones (excluding diaryl/α,β-unsaturated/α-hetero) is 1. The molecule has 2 heterocycles. The van der Waals surface area contributed by atoms with Crippen LogP contribution in [-0.2, 0) is 12.8 Å². The van der Waals surface area contributed by atoms with Gasteiger partial charge >= 0.3 is 10.2 Å². The summed E-state index contributed by atoms with van der Waals surface area (Å²) in [5, 5.41) is 0.394. The molecule has 0 amide bonds. The molecule has 0 fully saturated rings. The molecule has 0 aliphatic rings. The zero-order valence-electron chi connectivity index (χ0n) is 14.6. The summed E-state index contributed by atoms with van der Waals surface area (Å²) in [5.41, 5.74) is 1.36. The lowest BCUT2D eigenvalue weighted by atomic mass is 10.0. The van der Waals surface area contributed by atoms with Crippen LogP contribution in [0.15, 0.2) is 47.5 Å². The number of fused-ring (bicyclic) bond motifs is 1. The highest BCUT2D eigenvalue weighted by Gasteiger charge is 2.65. The van der Waals surface area contributed by atoms with Crippen LogP contribution in [0.25, 0.3) is 5.65 Å². The van der Waals surface area contributed by atoms with Crippen LogP contribution >= 0.6 is 21.8 Å². The summed E-state index contributed by atoms with van der Waals surface area (Å²) in [6.45, 7) is 1.82. The molecule has 0 aliphatic carbocycles. The van der Waals surface area contributed by atoms with Gasteiger partial charge in [0, 0.05) is 12.6 Å². The molecule has 0 bridgehead atoms. The van der Waals surface area contributed by atoms with Crippen molar-refractivity contribution >= 4 is 33.3 Å². The number of aryl methyl sites for hydroxylation is 2. The van der Waals surface area contributed by atoms with Gasteiger partial charge in [-0.3, -0.25) is 9.20 Å². The first-order valence-electron chi connectivity index (χ1n) is 8.31. The van der Waals surface area contributed by atoms with Crippen molar-refractivity contribution in [3.05, 3.63) is 64.6 Å². The van der Waals surface area contributed by atoms with Crippen LogP contribution in [0, 0.1) is 0 Å². The number of halogens is 6. The Kier molecular flexibility index (Phi) is 4.55. The standard InChI is InChI=1S/C18H16ClF5N2OS/c1-2-15-18(26-11-13(19)7-9-17(26)25-15)16(27)8-6-12-4-3-5-14(10-12)28(20,21,22,23)24/h3-5,7,9-11H,2,6,8H2,1H3. The molecule has 0 radical (unpaired) electrons. The summed E-state index contributed by atoms with van der Waals surface area (Å²) >= 11 is 5.97. The number of benzene rings is 1. The van der Waals surface area contributed by atoms with Gasteiger partial charge in [-0.25, -0.2) is 4.98 Å². The average molecular weight is 439 g/mol. The van der Waals surface area contributed by atoms with E-state index < -0.39 is 15.1 Å². The summed E-state index contributed by atoms with van der Waals surface area (Å²) < 4.78 is 66.4. The van der Waals surface area contributed by atoms with Crippen molar-refractivity contribution < 1.29 is 24.2 Å². The Hall–Kier alpha value is -2.13. The third-order valence-corrected chi connectivity index (χ3v) is 5.61. The van der Waals surface area contributed by atoms with Gasteiger partial charge in [0.1, 0.15) is 16.2 Å². The number of imidazole rings is 1. The lowest BCUT2D eigenvalue weighted by Gasteiger charge is -2.40. The zero-order valence-corrected chi connectivity index (χ0v) is 16.2. The third kappa shape index (κ3) is 4.30. The van der Waals surface area contributed by atoms with Gasteiger partial charge in [0.15, 0.2) is 5.78 Å². The summed E-state index contributed by atoms with van der Waals surface area (Å²) in [6, 6.07) is 6.22. The van der Waals surface area contributed by atoms with Gasteiger partial charge in [-0.1, -0.05) is 50.1 Å². The fourth-order valence-corrected chi connectivity index (χ4v) is 3.80. The molecular weight excluding hydrogens is 423 g/mol.